The van der Waals surface area contributed by atoms with E-state index in [1.165, 1.54) is 0 Å². The molecule has 2 N–H and O–H groups in total. The average molecular weight is 360 g/mol. The van der Waals surface area contributed by atoms with Crippen LogP contribution in [0.4, 0.5) is 0 Å². The van der Waals surface area contributed by atoms with E-state index in [0.29, 0.717) is 24.5 Å². The predicted molar refractivity (Wildman–Crippen MR) is 99.0 cm³/mol. The molecule has 0 aliphatic heterocycles. The summed E-state index contributed by atoms with van der Waals surface area (Å²) in [6.07, 6.45) is 2.61. The number of amides is 2. The average Bonchev–Trinajstić information content (AvgIpc) is 2.63. The van der Waals surface area contributed by atoms with Gasteiger partial charge in [0.25, 0.3) is 11.8 Å². The van der Waals surface area contributed by atoms with Crippen molar-refractivity contribution in [3.63, 3.8) is 0 Å². The van der Waals surface area contributed by atoms with Crippen LogP contribution in [0.2, 0.25) is 5.02 Å². The highest BCUT2D eigenvalue weighted by Gasteiger charge is 2.11. The summed E-state index contributed by atoms with van der Waals surface area (Å²) in [5.74, 6) is -0.554. The Kier molecular flexibility index (Phi) is 7.41. The highest BCUT2D eigenvalue weighted by Crippen LogP contribution is 2.09. The van der Waals surface area contributed by atoms with Crippen molar-refractivity contribution < 1.29 is 9.59 Å². The number of nitrogens with zero attached hydrogens (tertiary/aromatic N) is 1. The van der Waals surface area contributed by atoms with Crippen LogP contribution in [0, 0.1) is 0 Å². The maximum Gasteiger partial charge on any atom is 0.269 e. The fourth-order valence-corrected chi connectivity index (χ4v) is 2.34. The highest BCUT2D eigenvalue weighted by atomic mass is 35.5. The number of nitrogens with one attached hydrogen (secondary N) is 2. The number of halogens is 1. The SMILES string of the molecule is CCCCNC(=O)c1cccc(C(=O)NCCc2ccc(Cl)cc2)n1. The molecule has 25 heavy (non-hydrogen) atoms. The molecular weight excluding hydrogens is 338 g/mol. The molecule has 0 spiro atoms. The molecule has 0 radical (unpaired) electrons. The molecule has 0 saturated heterocycles. The molecule has 0 bridgehead atoms. The number of hydrogen-bond donors (Lipinski definition) is 2. The van der Waals surface area contributed by atoms with Gasteiger partial charge >= 0.3 is 0 Å². The number of pyridine rings is 1. The number of carbonyl (C=O) groups is 2. The van der Waals surface area contributed by atoms with E-state index in [1.54, 1.807) is 18.2 Å². The first kappa shape index (κ1) is 18.9. The lowest BCUT2D eigenvalue weighted by molar-refractivity contribution is 0.0944. The van der Waals surface area contributed by atoms with Crippen LogP contribution >= 0.6 is 11.6 Å². The van der Waals surface area contributed by atoms with Gasteiger partial charge in [0, 0.05) is 18.1 Å². The molecule has 6 heteroatoms. The Bertz CT molecular complexity index is 717. The summed E-state index contributed by atoms with van der Waals surface area (Å²) in [7, 11) is 0. The molecule has 0 saturated carbocycles. The van der Waals surface area contributed by atoms with Crippen LogP contribution in [0.3, 0.4) is 0 Å². The summed E-state index contributed by atoms with van der Waals surface area (Å²) in [5, 5.41) is 6.29. The molecule has 1 aromatic heterocycles. The Morgan fingerprint density at radius 1 is 0.960 bits per heavy atom. The summed E-state index contributed by atoms with van der Waals surface area (Å²) in [5.41, 5.74) is 1.57. The highest BCUT2D eigenvalue weighted by molar-refractivity contribution is 6.30. The van der Waals surface area contributed by atoms with Crippen molar-refractivity contribution in [3.8, 4) is 0 Å². The van der Waals surface area contributed by atoms with Gasteiger partial charge in [0.15, 0.2) is 0 Å². The summed E-state index contributed by atoms with van der Waals surface area (Å²) in [4.78, 5) is 28.3. The Morgan fingerprint density at radius 3 is 2.16 bits per heavy atom. The second kappa shape index (κ2) is 9.79. The Balaban J connectivity index is 1.87. The Labute approximate surface area is 152 Å². The summed E-state index contributed by atoms with van der Waals surface area (Å²) >= 11 is 5.85. The molecule has 0 fully saturated rings. The third kappa shape index (κ3) is 6.19. The third-order valence-corrected chi connectivity index (χ3v) is 3.89. The van der Waals surface area contributed by atoms with Crippen LogP contribution in [0.25, 0.3) is 0 Å². The Hall–Kier alpha value is -2.40. The molecule has 0 aliphatic rings. The van der Waals surface area contributed by atoms with Crippen molar-refractivity contribution in [2.24, 2.45) is 0 Å². The molecule has 2 aromatic rings. The van der Waals surface area contributed by atoms with Crippen molar-refractivity contribution in [1.82, 2.24) is 15.6 Å². The summed E-state index contributed by atoms with van der Waals surface area (Å²) in [6, 6.07) is 12.4. The van der Waals surface area contributed by atoms with Gasteiger partial charge in [-0.2, -0.15) is 0 Å². The van der Waals surface area contributed by atoms with Gasteiger partial charge < -0.3 is 10.6 Å². The largest absolute Gasteiger partial charge is 0.351 e. The van der Waals surface area contributed by atoms with Gasteiger partial charge in [-0.1, -0.05) is 43.1 Å². The van der Waals surface area contributed by atoms with E-state index in [-0.39, 0.29) is 23.2 Å². The van der Waals surface area contributed by atoms with Gasteiger partial charge in [0.1, 0.15) is 11.4 Å². The van der Waals surface area contributed by atoms with Crippen LogP contribution in [-0.2, 0) is 6.42 Å². The zero-order valence-electron chi connectivity index (χ0n) is 14.2. The minimum Gasteiger partial charge on any atom is -0.351 e. The summed E-state index contributed by atoms with van der Waals surface area (Å²) < 4.78 is 0. The molecular formula is C19H22ClN3O2. The first-order valence-electron chi connectivity index (χ1n) is 8.38. The zero-order chi connectivity index (χ0) is 18.1. The number of benzene rings is 1. The lowest BCUT2D eigenvalue weighted by Crippen LogP contribution is -2.29. The fourth-order valence-electron chi connectivity index (χ4n) is 2.22. The van der Waals surface area contributed by atoms with Crippen molar-refractivity contribution in [2.45, 2.75) is 26.2 Å². The van der Waals surface area contributed by atoms with Crippen LogP contribution < -0.4 is 10.6 Å². The van der Waals surface area contributed by atoms with Gasteiger partial charge in [-0.3, -0.25) is 9.59 Å². The van der Waals surface area contributed by atoms with Gasteiger partial charge in [0.05, 0.1) is 0 Å². The number of carbonyl (C=O) groups excluding carboxylic acids is 2. The topological polar surface area (TPSA) is 71.1 Å². The zero-order valence-corrected chi connectivity index (χ0v) is 15.0. The molecule has 0 unspecified atom stereocenters. The molecule has 132 valence electrons. The minimum absolute atomic E-state index is 0.235. The van der Waals surface area contributed by atoms with E-state index in [1.807, 2.05) is 24.3 Å². The maximum absolute atomic E-state index is 12.2. The van der Waals surface area contributed by atoms with Gasteiger partial charge in [-0.25, -0.2) is 4.98 Å². The molecule has 2 rings (SSSR count). The molecule has 1 heterocycles. The smallest absolute Gasteiger partial charge is 0.269 e. The molecule has 2 amide bonds. The van der Waals surface area contributed by atoms with Gasteiger partial charge in [-0.15, -0.1) is 0 Å². The van der Waals surface area contributed by atoms with E-state index in [9.17, 15) is 9.59 Å². The van der Waals surface area contributed by atoms with E-state index in [4.69, 9.17) is 11.6 Å². The fraction of sp³-hybridized carbons (Fsp3) is 0.316. The van der Waals surface area contributed by atoms with Crippen molar-refractivity contribution >= 4 is 23.4 Å². The van der Waals surface area contributed by atoms with Gasteiger partial charge in [-0.05, 0) is 42.7 Å². The second-order valence-corrected chi connectivity index (χ2v) is 6.09. The normalized spacial score (nSPS) is 10.3. The third-order valence-electron chi connectivity index (χ3n) is 3.64. The van der Waals surface area contributed by atoms with E-state index < -0.39 is 0 Å². The molecule has 1 aromatic carbocycles. The van der Waals surface area contributed by atoms with Crippen molar-refractivity contribution in [1.29, 1.82) is 0 Å². The lowest BCUT2D eigenvalue weighted by atomic mass is 10.1. The first-order chi connectivity index (χ1) is 12.1. The Morgan fingerprint density at radius 2 is 1.56 bits per heavy atom. The van der Waals surface area contributed by atoms with E-state index >= 15 is 0 Å². The van der Waals surface area contributed by atoms with Gasteiger partial charge in [0.2, 0.25) is 0 Å². The quantitative estimate of drug-likeness (QED) is 0.711. The van der Waals surface area contributed by atoms with Crippen LogP contribution in [0.1, 0.15) is 46.3 Å². The maximum atomic E-state index is 12.2. The molecule has 5 nitrogen and oxygen atoms in total. The minimum atomic E-state index is -0.294. The lowest BCUT2D eigenvalue weighted by Gasteiger charge is -2.07. The van der Waals surface area contributed by atoms with Crippen LogP contribution in [0.15, 0.2) is 42.5 Å². The number of rotatable bonds is 8. The predicted octanol–water partition coefficient (Wildman–Crippen LogP) is 3.24. The summed E-state index contributed by atoms with van der Waals surface area (Å²) in [6.45, 7) is 3.14. The van der Waals surface area contributed by atoms with E-state index in [0.717, 1.165) is 18.4 Å². The molecule has 0 aliphatic carbocycles. The standard InChI is InChI=1S/C19H22ClN3O2/c1-2-3-12-21-18(24)16-5-4-6-17(23-16)19(25)22-13-11-14-7-9-15(20)10-8-14/h4-10H,2-3,11-13H2,1H3,(H,21,24)(H,22,25). The number of unbranched alkanes of at least 4 members (excludes halogenated alkanes) is 1. The number of aromatic nitrogens is 1. The monoisotopic (exact) mass is 359 g/mol. The second-order valence-electron chi connectivity index (χ2n) is 5.65. The van der Waals surface area contributed by atoms with Crippen molar-refractivity contribution in [3.05, 3.63) is 64.4 Å². The van der Waals surface area contributed by atoms with Crippen molar-refractivity contribution in [2.75, 3.05) is 13.1 Å². The number of hydrogen-bond acceptors (Lipinski definition) is 3. The van der Waals surface area contributed by atoms with E-state index in [2.05, 4.69) is 22.5 Å². The van der Waals surface area contributed by atoms with Crippen LogP contribution in [0.5, 0.6) is 0 Å². The first-order valence-corrected chi connectivity index (χ1v) is 8.76. The van der Waals surface area contributed by atoms with Crippen LogP contribution in [-0.4, -0.2) is 29.9 Å². The molecule has 0 atom stereocenters.